The van der Waals surface area contributed by atoms with Crippen molar-refractivity contribution in [3.63, 3.8) is 0 Å². The molecule has 0 radical (unpaired) electrons. The first-order valence-corrected chi connectivity index (χ1v) is 8.34. The molecule has 0 saturated carbocycles. The van der Waals surface area contributed by atoms with Crippen molar-refractivity contribution in [2.24, 2.45) is 0 Å². The maximum Gasteiger partial charge on any atom is 0.331 e. The minimum Gasteiger partial charge on any atom is -0.497 e. The molecular formula is C21H22O7. The molecule has 0 atom stereocenters. The molecule has 0 aliphatic carbocycles. The van der Waals surface area contributed by atoms with Crippen LogP contribution in [-0.2, 0) is 9.53 Å². The van der Waals surface area contributed by atoms with Crippen LogP contribution in [0.5, 0.6) is 23.0 Å². The molecule has 0 fully saturated rings. The number of Topliss-reactive ketones (excluding diaryl/α,β-unsaturated/α-hetero) is 1. The van der Waals surface area contributed by atoms with Crippen LogP contribution in [0.1, 0.15) is 15.9 Å². The minimum absolute atomic E-state index is 0.306. The summed E-state index contributed by atoms with van der Waals surface area (Å²) >= 11 is 0. The van der Waals surface area contributed by atoms with Crippen molar-refractivity contribution < 1.29 is 33.3 Å². The monoisotopic (exact) mass is 386 g/mol. The summed E-state index contributed by atoms with van der Waals surface area (Å²) in [7, 11) is 6.03. The molecule has 2 aromatic rings. The summed E-state index contributed by atoms with van der Waals surface area (Å²) in [5, 5.41) is 0. The zero-order valence-electron chi connectivity index (χ0n) is 16.2. The van der Waals surface area contributed by atoms with Crippen molar-refractivity contribution in [2.75, 3.05) is 35.0 Å². The molecular weight excluding hydrogens is 364 g/mol. The van der Waals surface area contributed by atoms with E-state index in [1.807, 2.05) is 0 Å². The molecule has 2 rings (SSSR count). The Balaban J connectivity index is 1.98. The number of methoxy groups -OCH3 is 4. The number of carbonyl (C=O) groups excluding carboxylic acids is 2. The number of hydrogen-bond donors (Lipinski definition) is 0. The summed E-state index contributed by atoms with van der Waals surface area (Å²) in [6.45, 7) is -0.405. The van der Waals surface area contributed by atoms with Gasteiger partial charge in [-0.2, -0.15) is 0 Å². The lowest BCUT2D eigenvalue weighted by molar-refractivity contribution is -0.136. The van der Waals surface area contributed by atoms with E-state index in [-0.39, 0.29) is 5.78 Å². The Bertz CT molecular complexity index is 871. The maximum atomic E-state index is 12.3. The van der Waals surface area contributed by atoms with Crippen molar-refractivity contribution in [1.82, 2.24) is 0 Å². The van der Waals surface area contributed by atoms with Gasteiger partial charge in [-0.1, -0.05) is 6.07 Å². The molecule has 0 spiro atoms. The number of carbonyl (C=O) groups is 2. The van der Waals surface area contributed by atoms with Gasteiger partial charge in [0.2, 0.25) is 5.78 Å². The summed E-state index contributed by atoms with van der Waals surface area (Å²) in [4.78, 5) is 24.2. The van der Waals surface area contributed by atoms with Gasteiger partial charge in [0, 0.05) is 12.1 Å². The number of ketones is 1. The quantitative estimate of drug-likeness (QED) is 0.372. The van der Waals surface area contributed by atoms with E-state index in [4.69, 9.17) is 23.7 Å². The molecule has 0 saturated heterocycles. The van der Waals surface area contributed by atoms with Crippen LogP contribution in [0.2, 0.25) is 0 Å². The molecule has 0 heterocycles. The zero-order chi connectivity index (χ0) is 20.5. The van der Waals surface area contributed by atoms with Gasteiger partial charge in [0.25, 0.3) is 0 Å². The third-order valence-corrected chi connectivity index (χ3v) is 3.87. The Morgan fingerprint density at radius 2 is 1.54 bits per heavy atom. The first-order valence-electron chi connectivity index (χ1n) is 8.34. The van der Waals surface area contributed by atoms with E-state index in [9.17, 15) is 9.59 Å². The smallest absolute Gasteiger partial charge is 0.331 e. The molecule has 0 aromatic heterocycles. The highest BCUT2D eigenvalue weighted by Crippen LogP contribution is 2.28. The van der Waals surface area contributed by atoms with Gasteiger partial charge in [-0.15, -0.1) is 0 Å². The SMILES string of the molecule is COc1ccc(C(=O)COC(=O)C=Cc2ccc(OC)c(OC)c2)c(OC)c1. The Labute approximate surface area is 163 Å². The van der Waals surface area contributed by atoms with Crippen LogP contribution in [0.4, 0.5) is 0 Å². The molecule has 7 heteroatoms. The summed E-state index contributed by atoms with van der Waals surface area (Å²) in [5.74, 6) is 1.01. The molecule has 0 N–H and O–H groups in total. The summed E-state index contributed by atoms with van der Waals surface area (Å²) in [6, 6.07) is 9.99. The van der Waals surface area contributed by atoms with E-state index >= 15 is 0 Å². The van der Waals surface area contributed by atoms with Crippen LogP contribution >= 0.6 is 0 Å². The van der Waals surface area contributed by atoms with Crippen LogP contribution in [0.3, 0.4) is 0 Å². The maximum absolute atomic E-state index is 12.3. The lowest BCUT2D eigenvalue weighted by Crippen LogP contribution is -2.13. The molecule has 28 heavy (non-hydrogen) atoms. The molecule has 0 aliphatic rings. The van der Waals surface area contributed by atoms with Crippen LogP contribution in [0, 0.1) is 0 Å². The average molecular weight is 386 g/mol. The topological polar surface area (TPSA) is 80.3 Å². The second-order valence-corrected chi connectivity index (χ2v) is 5.54. The van der Waals surface area contributed by atoms with Gasteiger partial charge < -0.3 is 23.7 Å². The lowest BCUT2D eigenvalue weighted by Gasteiger charge is -2.09. The molecule has 0 bridgehead atoms. The minimum atomic E-state index is -0.643. The number of esters is 1. The standard InChI is InChI=1S/C21H22O7/c1-24-15-7-8-16(19(12-15)26-3)17(22)13-28-21(23)10-6-14-5-9-18(25-2)20(11-14)27-4/h5-12H,13H2,1-4H3. The summed E-state index contributed by atoms with van der Waals surface area (Å²) < 4.78 is 25.7. The van der Waals surface area contributed by atoms with E-state index in [0.29, 0.717) is 28.6 Å². The van der Waals surface area contributed by atoms with E-state index in [1.165, 1.54) is 27.4 Å². The van der Waals surface area contributed by atoms with E-state index in [2.05, 4.69) is 0 Å². The Kier molecular flexibility index (Phi) is 7.45. The fourth-order valence-corrected chi connectivity index (χ4v) is 2.41. The van der Waals surface area contributed by atoms with Crippen LogP contribution in [0.25, 0.3) is 6.08 Å². The fourth-order valence-electron chi connectivity index (χ4n) is 2.41. The van der Waals surface area contributed by atoms with Crippen molar-refractivity contribution in [3.05, 3.63) is 53.6 Å². The van der Waals surface area contributed by atoms with E-state index < -0.39 is 12.6 Å². The van der Waals surface area contributed by atoms with Gasteiger partial charge in [-0.25, -0.2) is 4.79 Å². The Morgan fingerprint density at radius 3 is 2.18 bits per heavy atom. The number of benzene rings is 2. The highest BCUT2D eigenvalue weighted by atomic mass is 16.5. The molecule has 0 aliphatic heterocycles. The second-order valence-electron chi connectivity index (χ2n) is 5.54. The predicted molar refractivity (Wildman–Crippen MR) is 103 cm³/mol. The van der Waals surface area contributed by atoms with Gasteiger partial charge >= 0.3 is 5.97 Å². The normalized spacial score (nSPS) is 10.4. The van der Waals surface area contributed by atoms with Gasteiger partial charge in [-0.3, -0.25) is 4.79 Å². The first-order chi connectivity index (χ1) is 13.5. The largest absolute Gasteiger partial charge is 0.497 e. The second kappa shape index (κ2) is 10.0. The third kappa shape index (κ3) is 5.26. The number of hydrogen-bond acceptors (Lipinski definition) is 7. The van der Waals surface area contributed by atoms with Crippen molar-refractivity contribution in [1.29, 1.82) is 0 Å². The van der Waals surface area contributed by atoms with Gasteiger partial charge in [-0.05, 0) is 35.9 Å². The van der Waals surface area contributed by atoms with Crippen molar-refractivity contribution in [3.8, 4) is 23.0 Å². The summed E-state index contributed by atoms with van der Waals surface area (Å²) in [6.07, 6.45) is 2.79. The number of rotatable bonds is 9. The molecule has 0 unspecified atom stereocenters. The van der Waals surface area contributed by atoms with E-state index in [0.717, 1.165) is 5.56 Å². The van der Waals surface area contributed by atoms with Gasteiger partial charge in [0.1, 0.15) is 11.5 Å². The molecule has 0 amide bonds. The average Bonchev–Trinajstić information content (AvgIpc) is 2.75. The Hall–Kier alpha value is -3.48. The van der Waals surface area contributed by atoms with Gasteiger partial charge in [0.05, 0.1) is 34.0 Å². The highest BCUT2D eigenvalue weighted by molar-refractivity contribution is 6.01. The zero-order valence-corrected chi connectivity index (χ0v) is 16.2. The van der Waals surface area contributed by atoms with Crippen molar-refractivity contribution >= 4 is 17.8 Å². The fraction of sp³-hybridized carbons (Fsp3) is 0.238. The molecule has 2 aromatic carbocycles. The first kappa shape index (κ1) is 20.8. The summed E-state index contributed by atoms with van der Waals surface area (Å²) in [5.41, 5.74) is 1.03. The van der Waals surface area contributed by atoms with Gasteiger partial charge in [0.15, 0.2) is 18.1 Å². The third-order valence-electron chi connectivity index (χ3n) is 3.87. The highest BCUT2D eigenvalue weighted by Gasteiger charge is 2.15. The van der Waals surface area contributed by atoms with Crippen LogP contribution < -0.4 is 18.9 Å². The lowest BCUT2D eigenvalue weighted by atomic mass is 10.1. The number of ether oxygens (including phenoxy) is 5. The Morgan fingerprint density at radius 1 is 0.821 bits per heavy atom. The predicted octanol–water partition coefficient (Wildman–Crippen LogP) is 3.16. The molecule has 7 nitrogen and oxygen atoms in total. The van der Waals surface area contributed by atoms with Crippen molar-refractivity contribution in [2.45, 2.75) is 0 Å². The molecule has 148 valence electrons. The van der Waals surface area contributed by atoms with E-state index in [1.54, 1.807) is 49.6 Å². The van der Waals surface area contributed by atoms with Crippen LogP contribution in [-0.4, -0.2) is 46.8 Å². The van der Waals surface area contributed by atoms with Crippen LogP contribution in [0.15, 0.2) is 42.5 Å².